The largest absolute Gasteiger partial charge is 0.208 e. The molecule has 0 N–H and O–H groups in total. The van der Waals surface area contributed by atoms with Crippen LogP contribution in [-0.4, -0.2) is 15.0 Å². The van der Waals surface area contributed by atoms with Crippen LogP contribution in [0.2, 0.25) is 0 Å². The molecule has 0 aliphatic carbocycles. The summed E-state index contributed by atoms with van der Waals surface area (Å²) < 4.78 is 0. The Morgan fingerprint density at radius 1 is 0.250 bits per heavy atom. The maximum Gasteiger partial charge on any atom is 0.165 e. The van der Waals surface area contributed by atoms with Crippen LogP contribution in [0.3, 0.4) is 0 Å². The molecular weight excluding hydrogens is 631 g/mol. The molecule has 0 fully saturated rings. The van der Waals surface area contributed by atoms with Crippen LogP contribution in [0.25, 0.3) is 99.5 Å². The first-order chi connectivity index (χ1) is 25.8. The number of benzene rings is 9. The van der Waals surface area contributed by atoms with Crippen molar-refractivity contribution in [2.75, 3.05) is 0 Å². The molecule has 0 saturated carbocycles. The van der Waals surface area contributed by atoms with E-state index >= 15 is 0 Å². The Morgan fingerprint density at radius 2 is 0.673 bits per heavy atom. The third-order valence-electron chi connectivity index (χ3n) is 10.1. The molecule has 0 bridgehead atoms. The molecule has 0 radical (unpaired) electrons. The van der Waals surface area contributed by atoms with E-state index in [2.05, 4.69) is 152 Å². The van der Waals surface area contributed by atoms with Crippen molar-refractivity contribution in [1.82, 2.24) is 15.0 Å². The van der Waals surface area contributed by atoms with Crippen molar-refractivity contribution in [3.05, 3.63) is 188 Å². The van der Waals surface area contributed by atoms with Crippen molar-refractivity contribution in [2.45, 2.75) is 0 Å². The lowest BCUT2D eigenvalue weighted by Crippen LogP contribution is -2.01. The van der Waals surface area contributed by atoms with Gasteiger partial charge in [0.25, 0.3) is 0 Å². The number of aromatic nitrogens is 3. The van der Waals surface area contributed by atoms with Crippen LogP contribution >= 0.6 is 0 Å². The Bertz CT molecular complexity index is 2820. The fourth-order valence-corrected chi connectivity index (χ4v) is 7.71. The van der Waals surface area contributed by atoms with E-state index < -0.39 is 0 Å². The number of hydrogen-bond donors (Lipinski definition) is 0. The van der Waals surface area contributed by atoms with Crippen molar-refractivity contribution >= 4 is 43.1 Å². The smallest absolute Gasteiger partial charge is 0.165 e. The maximum absolute atomic E-state index is 5.19. The van der Waals surface area contributed by atoms with Gasteiger partial charge in [-0.1, -0.05) is 176 Å². The molecule has 0 amide bonds. The van der Waals surface area contributed by atoms with E-state index in [0.717, 1.165) is 38.2 Å². The summed E-state index contributed by atoms with van der Waals surface area (Å²) in [7, 11) is 0. The summed E-state index contributed by atoms with van der Waals surface area (Å²) in [6.45, 7) is 0. The van der Waals surface area contributed by atoms with Gasteiger partial charge in [0.1, 0.15) is 0 Å². The summed E-state index contributed by atoms with van der Waals surface area (Å²) >= 11 is 0. The van der Waals surface area contributed by atoms with Gasteiger partial charge in [-0.2, -0.15) is 0 Å². The van der Waals surface area contributed by atoms with Crippen LogP contribution in [0.5, 0.6) is 0 Å². The molecule has 0 spiro atoms. The minimum absolute atomic E-state index is 0.651. The highest BCUT2D eigenvalue weighted by Gasteiger charge is 2.21. The van der Waals surface area contributed by atoms with Gasteiger partial charge in [0.05, 0.1) is 0 Å². The van der Waals surface area contributed by atoms with Crippen molar-refractivity contribution in [3.63, 3.8) is 0 Å². The Labute approximate surface area is 301 Å². The molecule has 3 heteroatoms. The Morgan fingerprint density at radius 3 is 1.21 bits per heavy atom. The van der Waals surface area contributed by atoms with Gasteiger partial charge in [-0.3, -0.25) is 0 Å². The second-order valence-corrected chi connectivity index (χ2v) is 13.2. The van der Waals surface area contributed by atoms with E-state index in [1.54, 1.807) is 0 Å². The van der Waals surface area contributed by atoms with E-state index in [4.69, 9.17) is 15.0 Å². The number of hydrogen-bond acceptors (Lipinski definition) is 3. The molecule has 10 aromatic rings. The molecule has 9 aromatic carbocycles. The van der Waals surface area contributed by atoms with Gasteiger partial charge in [0.15, 0.2) is 17.5 Å². The predicted molar refractivity (Wildman–Crippen MR) is 217 cm³/mol. The Kier molecular flexibility index (Phi) is 7.14. The van der Waals surface area contributed by atoms with Gasteiger partial charge in [0, 0.05) is 16.7 Å². The van der Waals surface area contributed by atoms with Gasteiger partial charge < -0.3 is 0 Å². The highest BCUT2D eigenvalue weighted by molar-refractivity contribution is 6.22. The van der Waals surface area contributed by atoms with Crippen LogP contribution in [0.4, 0.5) is 0 Å². The average molecular weight is 662 g/mol. The molecule has 0 aliphatic rings. The van der Waals surface area contributed by atoms with Crippen LogP contribution in [0, 0.1) is 0 Å². The molecule has 3 nitrogen and oxygen atoms in total. The highest BCUT2D eigenvalue weighted by Crippen LogP contribution is 2.45. The van der Waals surface area contributed by atoms with Gasteiger partial charge in [-0.25, -0.2) is 15.0 Å². The van der Waals surface area contributed by atoms with Crippen LogP contribution in [-0.2, 0) is 0 Å². The van der Waals surface area contributed by atoms with Crippen molar-refractivity contribution < 1.29 is 0 Å². The highest BCUT2D eigenvalue weighted by atomic mass is 15.0. The van der Waals surface area contributed by atoms with Crippen molar-refractivity contribution in [2.24, 2.45) is 0 Å². The monoisotopic (exact) mass is 661 g/mol. The van der Waals surface area contributed by atoms with Crippen LogP contribution in [0.15, 0.2) is 188 Å². The second-order valence-electron chi connectivity index (χ2n) is 13.2. The third-order valence-corrected chi connectivity index (χ3v) is 10.1. The lowest BCUT2D eigenvalue weighted by Gasteiger charge is -2.18. The first kappa shape index (κ1) is 29.9. The van der Waals surface area contributed by atoms with E-state index in [9.17, 15) is 0 Å². The number of nitrogens with zero attached hydrogens (tertiary/aromatic N) is 3. The molecule has 1 aromatic heterocycles. The lowest BCUT2D eigenvalue weighted by molar-refractivity contribution is 1.08. The summed E-state index contributed by atoms with van der Waals surface area (Å²) in [5, 5.41) is 9.47. The number of rotatable bonds is 5. The minimum Gasteiger partial charge on any atom is -0.208 e. The third kappa shape index (κ3) is 5.02. The fraction of sp³-hybridized carbons (Fsp3) is 0. The topological polar surface area (TPSA) is 38.7 Å². The standard InChI is InChI=1S/C49H31N3/c1-4-16-32(17-5-1)43-30-35-28-29-36(31-44(35)38-23-11-10-22-37(38)43)45-39-24-12-14-26-41(39)46(42-27-15-13-25-40(42)45)49-51-47(33-18-6-2-7-19-33)50-48(52-49)34-20-8-3-9-21-34/h1-31H. The molecule has 1 heterocycles. The Balaban J connectivity index is 1.25. The molecule has 0 atom stereocenters. The fourth-order valence-electron chi connectivity index (χ4n) is 7.71. The lowest BCUT2D eigenvalue weighted by atomic mass is 9.86. The summed E-state index contributed by atoms with van der Waals surface area (Å²) in [4.78, 5) is 15.4. The van der Waals surface area contributed by atoms with Crippen molar-refractivity contribution in [1.29, 1.82) is 0 Å². The number of fused-ring (bicyclic) bond motifs is 5. The maximum atomic E-state index is 5.19. The van der Waals surface area contributed by atoms with Gasteiger partial charge in [-0.05, 0) is 77.5 Å². The minimum atomic E-state index is 0.651. The second kappa shape index (κ2) is 12.4. The van der Waals surface area contributed by atoms with Gasteiger partial charge in [-0.15, -0.1) is 0 Å². The Hall–Kier alpha value is -6.97. The zero-order valence-electron chi connectivity index (χ0n) is 28.2. The quantitative estimate of drug-likeness (QED) is 0.136. The molecule has 0 unspecified atom stereocenters. The zero-order chi connectivity index (χ0) is 34.4. The summed E-state index contributed by atoms with van der Waals surface area (Å²) in [6, 6.07) is 66.5. The molecule has 0 aliphatic heterocycles. The SMILES string of the molecule is c1ccc(-c2nc(-c3ccccc3)nc(-c3c4ccccc4c(-c4ccc5cc(-c6ccccc6)c6ccccc6c5c4)c4ccccc34)n2)cc1. The molecule has 52 heavy (non-hydrogen) atoms. The van der Waals surface area contributed by atoms with Crippen LogP contribution < -0.4 is 0 Å². The summed E-state index contributed by atoms with van der Waals surface area (Å²) in [5.74, 6) is 1.96. The molecule has 242 valence electrons. The molecule has 0 saturated heterocycles. The first-order valence-corrected chi connectivity index (χ1v) is 17.6. The normalized spacial score (nSPS) is 11.5. The van der Waals surface area contributed by atoms with Crippen molar-refractivity contribution in [3.8, 4) is 56.4 Å². The van der Waals surface area contributed by atoms with E-state index in [1.165, 1.54) is 43.8 Å². The molecular formula is C49H31N3. The van der Waals surface area contributed by atoms with E-state index in [0.29, 0.717) is 17.5 Å². The van der Waals surface area contributed by atoms with E-state index in [1.807, 2.05) is 36.4 Å². The van der Waals surface area contributed by atoms with Gasteiger partial charge >= 0.3 is 0 Å². The predicted octanol–water partition coefficient (Wildman–Crippen LogP) is 12.8. The summed E-state index contributed by atoms with van der Waals surface area (Å²) in [6.07, 6.45) is 0. The first-order valence-electron chi connectivity index (χ1n) is 17.6. The van der Waals surface area contributed by atoms with Gasteiger partial charge in [0.2, 0.25) is 0 Å². The molecule has 10 rings (SSSR count). The van der Waals surface area contributed by atoms with E-state index in [-0.39, 0.29) is 0 Å². The average Bonchev–Trinajstić information content (AvgIpc) is 3.23. The zero-order valence-corrected chi connectivity index (χ0v) is 28.2. The van der Waals surface area contributed by atoms with Crippen LogP contribution in [0.1, 0.15) is 0 Å². The summed E-state index contributed by atoms with van der Waals surface area (Å²) in [5.41, 5.74) is 7.76.